The molecule has 0 bridgehead atoms. The van der Waals surface area contributed by atoms with E-state index in [4.69, 9.17) is 4.74 Å². The van der Waals surface area contributed by atoms with E-state index in [0.29, 0.717) is 11.5 Å². The van der Waals surface area contributed by atoms with Gasteiger partial charge in [-0.15, -0.1) is 0 Å². The molecule has 0 saturated heterocycles. The van der Waals surface area contributed by atoms with Crippen molar-refractivity contribution < 1.29 is 13.2 Å². The van der Waals surface area contributed by atoms with Crippen LogP contribution in [0.4, 0.5) is 0 Å². The zero-order valence-electron chi connectivity index (χ0n) is 18.5. The highest BCUT2D eigenvalue weighted by atomic mass is 32.2. The summed E-state index contributed by atoms with van der Waals surface area (Å²) < 4.78 is 35.8. The Hall–Kier alpha value is -2.00. The molecule has 1 aromatic carbocycles. The summed E-state index contributed by atoms with van der Waals surface area (Å²) in [7, 11) is -0.653. The van der Waals surface area contributed by atoms with E-state index in [1.54, 1.807) is 29.8 Å². The molecule has 170 valence electrons. The predicted octanol–water partition coefficient (Wildman–Crippen LogP) is 2.84. The third-order valence-corrected chi connectivity index (χ3v) is 7.50. The van der Waals surface area contributed by atoms with Gasteiger partial charge in [0.05, 0.1) is 18.8 Å². The number of hydrogen-bond donors (Lipinski definition) is 1. The van der Waals surface area contributed by atoms with Crippen molar-refractivity contribution in [3.8, 4) is 0 Å². The SMILES string of the molecule is Cc1cccn(C(CNS(=O)(=O)N(C)C)COC2CCC(c3ccccc3)CC2)c1=O. The topological polar surface area (TPSA) is 80.6 Å². The van der Waals surface area contributed by atoms with Crippen molar-refractivity contribution in [1.82, 2.24) is 13.6 Å². The highest BCUT2D eigenvalue weighted by Crippen LogP contribution is 2.34. The van der Waals surface area contributed by atoms with Crippen LogP contribution < -0.4 is 10.3 Å². The van der Waals surface area contributed by atoms with Gasteiger partial charge in [-0.1, -0.05) is 36.4 Å². The largest absolute Gasteiger partial charge is 0.376 e. The van der Waals surface area contributed by atoms with Crippen molar-refractivity contribution in [1.29, 1.82) is 0 Å². The van der Waals surface area contributed by atoms with Crippen molar-refractivity contribution >= 4 is 10.2 Å². The Morgan fingerprint density at radius 1 is 1.10 bits per heavy atom. The molecule has 0 radical (unpaired) electrons. The maximum absolute atomic E-state index is 12.6. The Balaban J connectivity index is 1.64. The standard InChI is InChI=1S/C23H33N3O4S/c1-18-8-7-15-26(23(18)27)21(16-24-31(28,29)25(2)3)17-30-22-13-11-20(12-14-22)19-9-5-4-6-10-19/h4-10,15,20-22,24H,11-14,16-17H2,1-3H3. The average molecular weight is 448 g/mol. The fourth-order valence-corrected chi connectivity index (χ4v) is 4.67. The van der Waals surface area contributed by atoms with Gasteiger partial charge in [0.1, 0.15) is 0 Å². The maximum atomic E-state index is 12.6. The van der Waals surface area contributed by atoms with Crippen molar-refractivity contribution in [2.45, 2.75) is 50.7 Å². The molecule has 1 aliphatic rings. The number of hydrogen-bond acceptors (Lipinski definition) is 4. The molecule has 1 heterocycles. The van der Waals surface area contributed by atoms with E-state index in [0.717, 1.165) is 30.0 Å². The monoisotopic (exact) mass is 447 g/mol. The van der Waals surface area contributed by atoms with Crippen molar-refractivity contribution in [2.75, 3.05) is 27.2 Å². The van der Waals surface area contributed by atoms with E-state index < -0.39 is 16.3 Å². The molecule has 1 aliphatic carbocycles. The number of nitrogens with zero attached hydrogens (tertiary/aromatic N) is 2. The van der Waals surface area contributed by atoms with Crippen LogP contribution in [0.2, 0.25) is 0 Å². The second-order valence-electron chi connectivity index (χ2n) is 8.41. The van der Waals surface area contributed by atoms with Crippen LogP contribution in [0.15, 0.2) is 53.5 Å². The van der Waals surface area contributed by atoms with Gasteiger partial charge in [0.15, 0.2) is 0 Å². The first-order chi connectivity index (χ1) is 14.8. The summed E-state index contributed by atoms with van der Waals surface area (Å²) in [5, 5.41) is 0. The number of pyridine rings is 1. The lowest BCUT2D eigenvalue weighted by molar-refractivity contribution is 0.00730. The summed E-state index contributed by atoms with van der Waals surface area (Å²) in [6.07, 6.45) is 5.86. The first-order valence-corrected chi connectivity index (χ1v) is 12.2. The number of benzene rings is 1. The third-order valence-electron chi connectivity index (χ3n) is 6.01. The quantitative estimate of drug-likeness (QED) is 0.641. The summed E-state index contributed by atoms with van der Waals surface area (Å²) in [5.41, 5.74) is 1.86. The molecular formula is C23H33N3O4S. The lowest BCUT2D eigenvalue weighted by Crippen LogP contribution is -2.42. The maximum Gasteiger partial charge on any atom is 0.279 e. The molecule has 1 aromatic heterocycles. The van der Waals surface area contributed by atoms with E-state index in [-0.39, 0.29) is 24.8 Å². The van der Waals surface area contributed by atoms with E-state index in [2.05, 4.69) is 29.0 Å². The van der Waals surface area contributed by atoms with Crippen LogP contribution in [0.1, 0.15) is 48.8 Å². The minimum Gasteiger partial charge on any atom is -0.376 e. The Morgan fingerprint density at radius 3 is 2.42 bits per heavy atom. The van der Waals surface area contributed by atoms with Crippen LogP contribution in [-0.4, -0.2) is 50.6 Å². The zero-order chi connectivity index (χ0) is 22.4. The molecule has 1 atom stereocenters. The molecule has 1 N–H and O–H groups in total. The Kier molecular flexibility index (Phi) is 8.05. The van der Waals surface area contributed by atoms with Crippen LogP contribution in [-0.2, 0) is 14.9 Å². The highest BCUT2D eigenvalue weighted by molar-refractivity contribution is 7.87. The molecule has 31 heavy (non-hydrogen) atoms. The smallest absolute Gasteiger partial charge is 0.279 e. The van der Waals surface area contributed by atoms with E-state index in [1.807, 2.05) is 6.07 Å². The van der Waals surface area contributed by atoms with Crippen LogP contribution in [0.25, 0.3) is 0 Å². The molecule has 7 nitrogen and oxygen atoms in total. The number of aryl methyl sites for hydroxylation is 1. The van der Waals surface area contributed by atoms with Crippen molar-refractivity contribution in [3.63, 3.8) is 0 Å². The second kappa shape index (κ2) is 10.5. The van der Waals surface area contributed by atoms with Gasteiger partial charge in [0, 0.05) is 32.4 Å². The van der Waals surface area contributed by atoms with Crippen LogP contribution >= 0.6 is 0 Å². The average Bonchev–Trinajstić information content (AvgIpc) is 2.77. The number of ether oxygens (including phenoxy) is 1. The lowest BCUT2D eigenvalue weighted by atomic mass is 9.83. The Bertz CT molecular complexity index is 997. The molecular weight excluding hydrogens is 414 g/mol. The van der Waals surface area contributed by atoms with Gasteiger partial charge in [-0.05, 0) is 50.2 Å². The van der Waals surface area contributed by atoms with Crippen LogP contribution in [0.5, 0.6) is 0 Å². The van der Waals surface area contributed by atoms with Gasteiger partial charge in [-0.25, -0.2) is 0 Å². The summed E-state index contributed by atoms with van der Waals surface area (Å²) >= 11 is 0. The van der Waals surface area contributed by atoms with E-state index >= 15 is 0 Å². The third kappa shape index (κ3) is 6.26. The molecule has 1 saturated carbocycles. The number of rotatable bonds is 9. The number of aromatic nitrogens is 1. The summed E-state index contributed by atoms with van der Waals surface area (Å²) in [5.74, 6) is 0.558. The molecule has 1 fully saturated rings. The van der Waals surface area contributed by atoms with Gasteiger partial charge in [0.2, 0.25) is 0 Å². The molecule has 0 spiro atoms. The van der Waals surface area contributed by atoms with Gasteiger partial charge in [-0.2, -0.15) is 17.4 Å². The molecule has 8 heteroatoms. The molecule has 2 aromatic rings. The minimum atomic E-state index is -3.59. The summed E-state index contributed by atoms with van der Waals surface area (Å²) in [4.78, 5) is 12.6. The molecule has 0 amide bonds. The first kappa shape index (κ1) is 23.7. The second-order valence-corrected chi connectivity index (χ2v) is 10.4. The van der Waals surface area contributed by atoms with E-state index in [1.165, 1.54) is 19.7 Å². The zero-order valence-corrected chi connectivity index (χ0v) is 19.3. The molecule has 3 rings (SSSR count). The summed E-state index contributed by atoms with van der Waals surface area (Å²) in [6, 6.07) is 13.7. The lowest BCUT2D eigenvalue weighted by Gasteiger charge is -2.30. The van der Waals surface area contributed by atoms with Crippen molar-refractivity contribution in [3.05, 3.63) is 70.1 Å². The molecule has 1 unspecified atom stereocenters. The van der Waals surface area contributed by atoms with Gasteiger partial charge in [-0.3, -0.25) is 4.79 Å². The minimum absolute atomic E-state index is 0.0865. The molecule has 0 aliphatic heterocycles. The Labute approximate surface area is 185 Å². The van der Waals surface area contributed by atoms with Gasteiger partial charge in [0.25, 0.3) is 15.8 Å². The first-order valence-electron chi connectivity index (χ1n) is 10.8. The van der Waals surface area contributed by atoms with Crippen LogP contribution in [0, 0.1) is 6.92 Å². The van der Waals surface area contributed by atoms with Crippen LogP contribution in [0.3, 0.4) is 0 Å². The van der Waals surface area contributed by atoms with Gasteiger partial charge >= 0.3 is 0 Å². The van der Waals surface area contributed by atoms with Gasteiger partial charge < -0.3 is 9.30 Å². The Morgan fingerprint density at radius 2 is 1.77 bits per heavy atom. The fourth-order valence-electron chi connectivity index (χ4n) is 4.01. The fraction of sp³-hybridized carbons (Fsp3) is 0.522. The van der Waals surface area contributed by atoms with E-state index in [9.17, 15) is 13.2 Å². The van der Waals surface area contributed by atoms with Crippen molar-refractivity contribution in [2.24, 2.45) is 0 Å². The summed E-state index contributed by atoms with van der Waals surface area (Å²) in [6.45, 7) is 2.12. The predicted molar refractivity (Wildman–Crippen MR) is 122 cm³/mol. The highest BCUT2D eigenvalue weighted by Gasteiger charge is 2.25. The normalized spacial score (nSPS) is 20.6. The number of nitrogens with one attached hydrogen (secondary N) is 1.